The van der Waals surface area contributed by atoms with Crippen LogP contribution in [0, 0.1) is 12.7 Å². The average molecular weight is 186 g/mol. The number of halogens is 1. The molecule has 0 heterocycles. The third-order valence-corrected chi connectivity index (χ3v) is 2.20. The van der Waals surface area contributed by atoms with Gasteiger partial charge in [-0.05, 0) is 36.6 Å². The molecule has 0 aliphatic heterocycles. The van der Waals surface area contributed by atoms with Gasteiger partial charge >= 0.3 is 0 Å². The zero-order chi connectivity index (χ0) is 9.56. The first-order valence-corrected chi connectivity index (χ1v) is 5.67. The highest BCUT2D eigenvalue weighted by Crippen LogP contribution is 2.07. The minimum Gasteiger partial charge on any atom is -0.207 e. The summed E-state index contributed by atoms with van der Waals surface area (Å²) in [5.41, 5.74) is 1.00. The Morgan fingerprint density at radius 3 is 2.17 bits per heavy atom. The quantitative estimate of drug-likeness (QED) is 0.591. The number of rotatable bonds is 1. The Bertz CT molecular complexity index is 213. The lowest BCUT2D eigenvalue weighted by atomic mass is 10.2. The van der Waals surface area contributed by atoms with Gasteiger partial charge in [0.15, 0.2) is 0 Å². The van der Waals surface area contributed by atoms with Gasteiger partial charge in [0.1, 0.15) is 5.82 Å². The largest absolute Gasteiger partial charge is 0.207 e. The maximum Gasteiger partial charge on any atom is 0.124 e. The second kappa shape index (κ2) is 6.14. The number of hydrogen-bond donors (Lipinski definition) is 0. The van der Waals surface area contributed by atoms with Crippen LogP contribution in [0.4, 0.5) is 4.39 Å². The van der Waals surface area contributed by atoms with Crippen molar-refractivity contribution in [3.63, 3.8) is 0 Å². The predicted octanol–water partition coefficient (Wildman–Crippen LogP) is 3.09. The number of benzene rings is 1. The lowest BCUT2D eigenvalue weighted by Crippen LogP contribution is -1.95. The second-order valence-electron chi connectivity index (χ2n) is 2.27. The summed E-state index contributed by atoms with van der Waals surface area (Å²) in [6, 6.07) is 5.15. The van der Waals surface area contributed by atoms with Crippen molar-refractivity contribution in [2.45, 2.75) is 20.8 Å². The monoisotopic (exact) mass is 186 g/mol. The van der Waals surface area contributed by atoms with Crippen LogP contribution in [-0.2, 0) is 0 Å². The maximum atomic E-state index is 12.6. The van der Waals surface area contributed by atoms with Crippen molar-refractivity contribution in [2.24, 2.45) is 0 Å². The van der Waals surface area contributed by atoms with Crippen molar-refractivity contribution in [1.82, 2.24) is 0 Å². The van der Waals surface area contributed by atoms with Crippen LogP contribution in [0.5, 0.6) is 0 Å². The summed E-state index contributed by atoms with van der Waals surface area (Å²) in [5.74, 6) is -0.121. The molecule has 0 aromatic heterocycles. The molecular weight excluding hydrogens is 170 g/mol. The van der Waals surface area contributed by atoms with E-state index in [0.717, 1.165) is 10.9 Å². The number of aryl methyl sites for hydroxylation is 1. The van der Waals surface area contributed by atoms with Crippen molar-refractivity contribution in [1.29, 1.82) is 0 Å². The van der Waals surface area contributed by atoms with Gasteiger partial charge in [-0.2, -0.15) is 0 Å². The molecule has 0 saturated heterocycles. The molecule has 68 valence electrons. The van der Waals surface area contributed by atoms with Crippen molar-refractivity contribution < 1.29 is 4.39 Å². The third kappa shape index (κ3) is 3.82. The van der Waals surface area contributed by atoms with E-state index in [9.17, 15) is 4.39 Å². The molecule has 1 aromatic carbocycles. The van der Waals surface area contributed by atoms with E-state index in [1.807, 2.05) is 33.5 Å². The number of hydrogen-bond acceptors (Lipinski definition) is 0. The maximum absolute atomic E-state index is 12.6. The molecule has 2 heteroatoms. The van der Waals surface area contributed by atoms with Crippen molar-refractivity contribution in [3.8, 4) is 0 Å². The van der Waals surface area contributed by atoms with Gasteiger partial charge in [0, 0.05) is 0 Å². The SMILES string of the molecule is CC.CPc1cc(C)cc(F)c1. The van der Waals surface area contributed by atoms with E-state index in [4.69, 9.17) is 0 Å². The molecule has 1 rings (SSSR count). The molecule has 0 aliphatic carbocycles. The fourth-order valence-corrected chi connectivity index (χ4v) is 1.53. The van der Waals surface area contributed by atoms with Gasteiger partial charge in [-0.3, -0.25) is 0 Å². The van der Waals surface area contributed by atoms with Gasteiger partial charge < -0.3 is 0 Å². The van der Waals surface area contributed by atoms with Crippen molar-refractivity contribution in [2.75, 3.05) is 6.66 Å². The lowest BCUT2D eigenvalue weighted by Gasteiger charge is -1.97. The molecule has 0 radical (unpaired) electrons. The summed E-state index contributed by atoms with van der Waals surface area (Å²) in [6.07, 6.45) is 0. The van der Waals surface area contributed by atoms with Gasteiger partial charge in [-0.1, -0.05) is 28.5 Å². The van der Waals surface area contributed by atoms with Crippen LogP contribution < -0.4 is 5.30 Å². The molecule has 0 bridgehead atoms. The Morgan fingerprint density at radius 2 is 1.75 bits per heavy atom. The van der Waals surface area contributed by atoms with Crippen LogP contribution in [0.3, 0.4) is 0 Å². The van der Waals surface area contributed by atoms with Crippen molar-refractivity contribution in [3.05, 3.63) is 29.6 Å². The highest BCUT2D eigenvalue weighted by molar-refractivity contribution is 7.46. The van der Waals surface area contributed by atoms with Crippen LogP contribution in [0.2, 0.25) is 0 Å². The molecule has 0 N–H and O–H groups in total. The molecule has 12 heavy (non-hydrogen) atoms. The Balaban J connectivity index is 0.000000561. The Labute approximate surface area is 76.0 Å². The molecule has 0 fully saturated rings. The molecule has 0 nitrogen and oxygen atoms in total. The highest BCUT2D eigenvalue weighted by atomic mass is 31.1. The first kappa shape index (κ1) is 11.6. The van der Waals surface area contributed by atoms with Gasteiger partial charge in [0.2, 0.25) is 0 Å². The van der Waals surface area contributed by atoms with E-state index < -0.39 is 0 Å². The average Bonchev–Trinajstić information content (AvgIpc) is 2.06. The summed E-state index contributed by atoms with van der Waals surface area (Å²) in [7, 11) is 0.683. The summed E-state index contributed by atoms with van der Waals surface area (Å²) >= 11 is 0. The van der Waals surface area contributed by atoms with E-state index in [1.165, 1.54) is 0 Å². The fraction of sp³-hybridized carbons (Fsp3) is 0.400. The van der Waals surface area contributed by atoms with Crippen LogP contribution in [0.1, 0.15) is 19.4 Å². The minimum absolute atomic E-state index is 0.121. The van der Waals surface area contributed by atoms with E-state index in [0.29, 0.717) is 8.58 Å². The summed E-state index contributed by atoms with van der Waals surface area (Å²) in [6.45, 7) is 7.96. The second-order valence-corrected chi connectivity index (χ2v) is 3.34. The van der Waals surface area contributed by atoms with Crippen LogP contribution in [0.25, 0.3) is 0 Å². The fourth-order valence-electron chi connectivity index (χ4n) is 0.881. The Kier molecular flexibility index (Phi) is 5.92. The van der Waals surface area contributed by atoms with E-state index in [2.05, 4.69) is 0 Å². The molecule has 0 amide bonds. The molecular formula is C10H16FP. The smallest absolute Gasteiger partial charge is 0.124 e. The van der Waals surface area contributed by atoms with E-state index in [-0.39, 0.29) is 5.82 Å². The first-order chi connectivity index (χ1) is 5.72. The van der Waals surface area contributed by atoms with Crippen LogP contribution in [0.15, 0.2) is 18.2 Å². The first-order valence-electron chi connectivity index (χ1n) is 4.17. The Hall–Kier alpha value is -0.420. The van der Waals surface area contributed by atoms with Gasteiger partial charge in [-0.25, -0.2) is 4.39 Å². The normalized spacial score (nSPS) is 9.75. The molecule has 1 aromatic rings. The van der Waals surface area contributed by atoms with E-state index >= 15 is 0 Å². The lowest BCUT2D eigenvalue weighted by molar-refractivity contribution is 0.628. The standard InChI is InChI=1S/C8H10FP.C2H6/c1-6-3-7(9)5-8(4-6)10-2;1-2/h3-5,10H,1-2H3;1-2H3. The van der Waals surface area contributed by atoms with Gasteiger partial charge in [0.25, 0.3) is 0 Å². The molecule has 0 aliphatic rings. The van der Waals surface area contributed by atoms with Crippen LogP contribution >= 0.6 is 8.58 Å². The van der Waals surface area contributed by atoms with Gasteiger partial charge in [0.05, 0.1) is 0 Å². The summed E-state index contributed by atoms with van der Waals surface area (Å²) in [4.78, 5) is 0. The summed E-state index contributed by atoms with van der Waals surface area (Å²) < 4.78 is 12.6. The highest BCUT2D eigenvalue weighted by Gasteiger charge is 1.93. The molecule has 0 spiro atoms. The predicted molar refractivity (Wildman–Crippen MR) is 56.4 cm³/mol. The zero-order valence-corrected chi connectivity index (χ0v) is 9.11. The van der Waals surface area contributed by atoms with Gasteiger partial charge in [-0.15, -0.1) is 0 Å². The van der Waals surface area contributed by atoms with Crippen molar-refractivity contribution >= 4 is 13.9 Å². The zero-order valence-electron chi connectivity index (χ0n) is 8.11. The molecule has 0 saturated carbocycles. The van der Waals surface area contributed by atoms with Crippen LogP contribution in [-0.4, -0.2) is 6.66 Å². The molecule has 1 atom stereocenters. The van der Waals surface area contributed by atoms with E-state index in [1.54, 1.807) is 12.1 Å². The topological polar surface area (TPSA) is 0 Å². The third-order valence-electron chi connectivity index (χ3n) is 1.33. The summed E-state index contributed by atoms with van der Waals surface area (Å²) in [5, 5.41) is 1.09. The Morgan fingerprint density at radius 1 is 1.17 bits per heavy atom. The molecule has 1 unspecified atom stereocenters. The minimum atomic E-state index is -0.121.